The number of benzene rings is 1. The van der Waals surface area contributed by atoms with Crippen molar-refractivity contribution < 1.29 is 22.6 Å². The Morgan fingerprint density at radius 1 is 1.15 bits per heavy atom. The minimum absolute atomic E-state index is 0.272. The molecule has 0 saturated carbocycles. The number of ether oxygens (including phenoxy) is 2. The lowest BCUT2D eigenvalue weighted by atomic mass is 10.1. The van der Waals surface area contributed by atoms with Gasteiger partial charge in [-0.2, -0.15) is 0 Å². The molecule has 0 amide bonds. The monoisotopic (exact) mass is 303 g/mol. The van der Waals surface area contributed by atoms with Crippen molar-refractivity contribution in [2.45, 2.75) is 6.36 Å². The van der Waals surface area contributed by atoms with Crippen molar-refractivity contribution in [3.8, 4) is 22.8 Å². The summed E-state index contributed by atoms with van der Waals surface area (Å²) in [5.41, 5.74) is 0.763. The van der Waals surface area contributed by atoms with Gasteiger partial charge in [0, 0.05) is 11.6 Å². The summed E-state index contributed by atoms with van der Waals surface area (Å²) >= 11 is 6.02. The topological polar surface area (TPSA) is 31.4 Å². The standard InChI is InChI=1S/C13H9ClF3NO2/c1-19-10-6-11(14)12(18-7-10)8-3-2-4-9(5-8)20-13(15,16)17/h2-7H,1H3. The predicted octanol–water partition coefficient (Wildman–Crippen LogP) is 4.31. The van der Waals surface area contributed by atoms with E-state index in [-0.39, 0.29) is 10.8 Å². The van der Waals surface area contributed by atoms with E-state index in [9.17, 15) is 13.2 Å². The Bertz CT molecular complexity index is 617. The van der Waals surface area contributed by atoms with Crippen LogP contribution in [0.4, 0.5) is 13.2 Å². The fraction of sp³-hybridized carbons (Fsp3) is 0.154. The molecule has 0 aliphatic heterocycles. The van der Waals surface area contributed by atoms with Gasteiger partial charge in [0.1, 0.15) is 11.5 Å². The number of rotatable bonds is 3. The molecule has 0 spiro atoms. The van der Waals surface area contributed by atoms with E-state index >= 15 is 0 Å². The van der Waals surface area contributed by atoms with E-state index in [1.54, 1.807) is 6.07 Å². The summed E-state index contributed by atoms with van der Waals surface area (Å²) in [4.78, 5) is 4.06. The fourth-order valence-electron chi connectivity index (χ4n) is 1.58. The molecule has 2 aromatic rings. The van der Waals surface area contributed by atoms with Gasteiger partial charge in [-0.15, -0.1) is 13.2 Å². The molecule has 2 rings (SSSR count). The van der Waals surface area contributed by atoms with Gasteiger partial charge in [-0.3, -0.25) is 4.98 Å². The summed E-state index contributed by atoms with van der Waals surface area (Å²) in [6, 6.07) is 6.96. The van der Waals surface area contributed by atoms with E-state index < -0.39 is 6.36 Å². The lowest BCUT2D eigenvalue weighted by molar-refractivity contribution is -0.274. The molecule has 0 fully saturated rings. The predicted molar refractivity (Wildman–Crippen MR) is 67.9 cm³/mol. The summed E-state index contributed by atoms with van der Waals surface area (Å²) in [7, 11) is 1.46. The second-order valence-electron chi connectivity index (χ2n) is 3.78. The van der Waals surface area contributed by atoms with Crippen molar-refractivity contribution in [3.05, 3.63) is 41.6 Å². The van der Waals surface area contributed by atoms with E-state index in [2.05, 4.69) is 9.72 Å². The number of pyridine rings is 1. The van der Waals surface area contributed by atoms with Crippen LogP contribution in [0.2, 0.25) is 5.02 Å². The first-order chi connectivity index (χ1) is 9.39. The Hall–Kier alpha value is -1.95. The molecular weight excluding hydrogens is 295 g/mol. The van der Waals surface area contributed by atoms with Gasteiger partial charge in [0.2, 0.25) is 0 Å². The zero-order chi connectivity index (χ0) is 14.8. The molecule has 0 aliphatic rings. The fourth-order valence-corrected chi connectivity index (χ4v) is 1.85. The highest BCUT2D eigenvalue weighted by molar-refractivity contribution is 6.33. The number of hydrogen-bond donors (Lipinski definition) is 0. The van der Waals surface area contributed by atoms with Crippen LogP contribution in [-0.4, -0.2) is 18.5 Å². The maximum absolute atomic E-state index is 12.2. The average Bonchev–Trinajstić information content (AvgIpc) is 2.36. The summed E-state index contributed by atoms with van der Waals surface area (Å²) in [6.07, 6.45) is -3.31. The number of aromatic nitrogens is 1. The molecule has 0 aliphatic carbocycles. The number of methoxy groups -OCH3 is 1. The van der Waals surface area contributed by atoms with E-state index in [4.69, 9.17) is 16.3 Å². The van der Waals surface area contributed by atoms with Crippen molar-refractivity contribution in [3.63, 3.8) is 0 Å². The van der Waals surface area contributed by atoms with Crippen LogP contribution in [0.25, 0.3) is 11.3 Å². The molecule has 7 heteroatoms. The van der Waals surface area contributed by atoms with Crippen LogP contribution in [0.1, 0.15) is 0 Å². The summed E-state index contributed by atoms with van der Waals surface area (Å²) in [5, 5.41) is 0.272. The average molecular weight is 304 g/mol. The summed E-state index contributed by atoms with van der Waals surface area (Å²) in [5.74, 6) is 0.130. The Morgan fingerprint density at radius 2 is 1.90 bits per heavy atom. The molecule has 1 aromatic carbocycles. The quantitative estimate of drug-likeness (QED) is 0.846. The molecule has 3 nitrogen and oxygen atoms in total. The van der Waals surface area contributed by atoms with Crippen molar-refractivity contribution in [1.82, 2.24) is 4.98 Å². The molecule has 20 heavy (non-hydrogen) atoms. The zero-order valence-electron chi connectivity index (χ0n) is 10.2. The lowest BCUT2D eigenvalue weighted by Gasteiger charge is -2.10. The van der Waals surface area contributed by atoms with Gasteiger partial charge >= 0.3 is 6.36 Å². The van der Waals surface area contributed by atoms with E-state index in [0.29, 0.717) is 17.0 Å². The summed E-state index contributed by atoms with van der Waals surface area (Å²) < 4.78 is 45.3. The maximum Gasteiger partial charge on any atom is 0.573 e. The van der Waals surface area contributed by atoms with Crippen molar-refractivity contribution in [1.29, 1.82) is 0 Å². The molecule has 1 heterocycles. The van der Waals surface area contributed by atoms with Gasteiger partial charge in [0.05, 0.1) is 24.0 Å². The molecule has 0 radical (unpaired) electrons. The minimum atomic E-state index is -4.74. The first-order valence-electron chi connectivity index (χ1n) is 5.45. The van der Waals surface area contributed by atoms with Gasteiger partial charge in [-0.05, 0) is 12.1 Å². The van der Waals surface area contributed by atoms with Crippen LogP contribution in [0, 0.1) is 0 Å². The van der Waals surface area contributed by atoms with E-state index in [0.717, 1.165) is 0 Å². The minimum Gasteiger partial charge on any atom is -0.495 e. The van der Waals surface area contributed by atoms with Crippen molar-refractivity contribution in [2.75, 3.05) is 7.11 Å². The van der Waals surface area contributed by atoms with Gasteiger partial charge < -0.3 is 9.47 Å². The Balaban J connectivity index is 2.36. The summed E-state index contributed by atoms with van der Waals surface area (Å²) in [6.45, 7) is 0. The third-order valence-electron chi connectivity index (χ3n) is 2.39. The molecule has 0 unspecified atom stereocenters. The Labute approximate surface area is 117 Å². The first kappa shape index (κ1) is 14.5. The SMILES string of the molecule is COc1cnc(-c2cccc(OC(F)(F)F)c2)c(Cl)c1. The molecule has 0 saturated heterocycles. The molecule has 1 aromatic heterocycles. The van der Waals surface area contributed by atoms with Crippen molar-refractivity contribution in [2.24, 2.45) is 0 Å². The van der Waals surface area contributed by atoms with E-state index in [1.165, 1.54) is 37.6 Å². The second-order valence-corrected chi connectivity index (χ2v) is 4.19. The number of hydrogen-bond acceptors (Lipinski definition) is 3. The molecule has 0 N–H and O–H groups in total. The highest BCUT2D eigenvalue weighted by Crippen LogP contribution is 2.32. The lowest BCUT2D eigenvalue weighted by Crippen LogP contribution is -2.17. The largest absolute Gasteiger partial charge is 0.573 e. The van der Waals surface area contributed by atoms with Gasteiger partial charge in [-0.25, -0.2) is 0 Å². The van der Waals surface area contributed by atoms with Crippen LogP contribution in [0.3, 0.4) is 0 Å². The van der Waals surface area contributed by atoms with Crippen LogP contribution >= 0.6 is 11.6 Å². The molecular formula is C13H9ClF3NO2. The van der Waals surface area contributed by atoms with Crippen LogP contribution in [-0.2, 0) is 0 Å². The smallest absolute Gasteiger partial charge is 0.495 e. The van der Waals surface area contributed by atoms with Gasteiger partial charge in [-0.1, -0.05) is 23.7 Å². The Morgan fingerprint density at radius 3 is 2.50 bits per heavy atom. The number of alkyl halides is 3. The third-order valence-corrected chi connectivity index (χ3v) is 2.68. The van der Waals surface area contributed by atoms with Crippen LogP contribution in [0.15, 0.2) is 36.5 Å². The van der Waals surface area contributed by atoms with Gasteiger partial charge in [0.25, 0.3) is 0 Å². The first-order valence-corrected chi connectivity index (χ1v) is 5.82. The highest BCUT2D eigenvalue weighted by Gasteiger charge is 2.31. The molecule has 0 atom stereocenters. The third kappa shape index (κ3) is 3.54. The van der Waals surface area contributed by atoms with Crippen LogP contribution < -0.4 is 9.47 Å². The maximum atomic E-state index is 12.2. The van der Waals surface area contributed by atoms with Crippen LogP contribution in [0.5, 0.6) is 11.5 Å². The molecule has 106 valence electrons. The second kappa shape index (κ2) is 5.58. The normalized spacial score (nSPS) is 11.2. The zero-order valence-corrected chi connectivity index (χ0v) is 11.0. The highest BCUT2D eigenvalue weighted by atomic mass is 35.5. The molecule has 0 bridgehead atoms. The number of nitrogens with zero attached hydrogens (tertiary/aromatic N) is 1. The van der Waals surface area contributed by atoms with Crippen molar-refractivity contribution >= 4 is 11.6 Å². The number of halogens is 4. The van der Waals surface area contributed by atoms with Gasteiger partial charge in [0.15, 0.2) is 0 Å². The Kier molecular flexibility index (Phi) is 4.04. The van der Waals surface area contributed by atoms with E-state index in [1.807, 2.05) is 0 Å².